The summed E-state index contributed by atoms with van der Waals surface area (Å²) < 4.78 is 0. The highest BCUT2D eigenvalue weighted by Crippen LogP contribution is 2.44. The molecule has 1 aliphatic carbocycles. The second kappa shape index (κ2) is 10.5. The summed E-state index contributed by atoms with van der Waals surface area (Å²) in [4.78, 5) is 0. The fraction of sp³-hybridized carbons (Fsp3) is 0.750. The lowest BCUT2D eigenvalue weighted by Crippen LogP contribution is -2.27. The molecule has 0 bridgehead atoms. The van der Waals surface area contributed by atoms with Gasteiger partial charge in [0.1, 0.15) is 5.75 Å². The van der Waals surface area contributed by atoms with Crippen molar-refractivity contribution in [1.82, 2.24) is 0 Å². The van der Waals surface area contributed by atoms with Crippen molar-refractivity contribution in [2.75, 3.05) is 6.61 Å². The molecule has 1 saturated carbocycles. The van der Waals surface area contributed by atoms with Crippen LogP contribution < -0.4 is 0 Å². The van der Waals surface area contributed by atoms with E-state index in [0.29, 0.717) is 18.1 Å². The largest absolute Gasteiger partial charge is 0.508 e. The summed E-state index contributed by atoms with van der Waals surface area (Å²) in [5, 5.41) is 30.1. The van der Waals surface area contributed by atoms with Crippen LogP contribution in [0.1, 0.15) is 102 Å². The Hall–Kier alpha value is -1.06. The smallest absolute Gasteiger partial charge is 0.119 e. The van der Waals surface area contributed by atoms with Crippen molar-refractivity contribution in [2.24, 2.45) is 5.92 Å². The quantitative estimate of drug-likeness (QED) is 0.462. The lowest BCUT2D eigenvalue weighted by atomic mass is 9.71. The molecule has 0 aliphatic heterocycles. The molecule has 0 saturated heterocycles. The Balaban J connectivity index is 2.21. The van der Waals surface area contributed by atoms with Gasteiger partial charge < -0.3 is 15.3 Å². The summed E-state index contributed by atoms with van der Waals surface area (Å²) in [7, 11) is 0. The number of hydrogen-bond donors (Lipinski definition) is 3. The second-order valence-electron chi connectivity index (χ2n) is 9.17. The SMILES string of the molecule is CCCCCCC(C)(C)c1ccc(O)c(C2CC(O)CCC2CCCO)c1. The number of unbranched alkanes of at least 4 members (excludes halogenated alkanes) is 3. The number of phenols is 1. The first-order valence-corrected chi connectivity index (χ1v) is 11.0. The van der Waals surface area contributed by atoms with E-state index in [0.717, 1.165) is 37.7 Å². The van der Waals surface area contributed by atoms with Gasteiger partial charge in [-0.3, -0.25) is 0 Å². The molecule has 1 fully saturated rings. The average molecular weight is 377 g/mol. The standard InChI is InChI=1S/C24H40O3/c1-4-5-6-7-14-24(2,3)19-11-13-23(27)22(16-19)21-17-20(26)12-10-18(21)9-8-15-25/h11,13,16,18,20-21,25-27H,4-10,12,14-15,17H2,1-3H3. The minimum absolute atomic E-state index is 0.0874. The first-order valence-electron chi connectivity index (χ1n) is 11.0. The van der Waals surface area contributed by atoms with Gasteiger partial charge in [-0.1, -0.05) is 58.6 Å². The normalized spacial score (nSPS) is 23.5. The maximum atomic E-state index is 10.6. The van der Waals surface area contributed by atoms with Gasteiger partial charge in [-0.2, -0.15) is 0 Å². The third-order valence-corrected chi connectivity index (χ3v) is 6.56. The molecule has 0 aromatic heterocycles. The third kappa shape index (κ3) is 6.22. The Morgan fingerprint density at radius 2 is 1.85 bits per heavy atom. The number of hydrogen-bond acceptors (Lipinski definition) is 3. The molecule has 3 atom stereocenters. The van der Waals surface area contributed by atoms with E-state index in [1.165, 1.54) is 31.2 Å². The first-order chi connectivity index (χ1) is 12.9. The van der Waals surface area contributed by atoms with Gasteiger partial charge in [-0.15, -0.1) is 0 Å². The molecule has 0 heterocycles. The Morgan fingerprint density at radius 3 is 2.56 bits per heavy atom. The Labute approximate surface area is 165 Å². The van der Waals surface area contributed by atoms with Gasteiger partial charge in [0.2, 0.25) is 0 Å². The number of aromatic hydroxyl groups is 1. The van der Waals surface area contributed by atoms with E-state index in [2.05, 4.69) is 32.9 Å². The van der Waals surface area contributed by atoms with Crippen molar-refractivity contribution in [3.05, 3.63) is 29.3 Å². The molecule has 154 valence electrons. The van der Waals surface area contributed by atoms with Crippen LogP contribution in [0.5, 0.6) is 5.75 Å². The summed E-state index contributed by atoms with van der Waals surface area (Å²) >= 11 is 0. The number of aliphatic hydroxyl groups is 2. The monoisotopic (exact) mass is 376 g/mol. The van der Waals surface area contributed by atoms with Gasteiger partial charge in [-0.05, 0) is 73.0 Å². The first kappa shape index (κ1) is 22.2. The zero-order valence-electron chi connectivity index (χ0n) is 17.6. The predicted octanol–water partition coefficient (Wildman–Crippen LogP) is 5.66. The van der Waals surface area contributed by atoms with E-state index >= 15 is 0 Å². The van der Waals surface area contributed by atoms with Crippen LogP contribution in [0.25, 0.3) is 0 Å². The van der Waals surface area contributed by atoms with Crippen LogP contribution in [0.4, 0.5) is 0 Å². The van der Waals surface area contributed by atoms with Gasteiger partial charge in [0.05, 0.1) is 6.10 Å². The topological polar surface area (TPSA) is 60.7 Å². The molecular weight excluding hydrogens is 336 g/mol. The van der Waals surface area contributed by atoms with E-state index in [1.807, 2.05) is 6.07 Å². The predicted molar refractivity (Wildman–Crippen MR) is 112 cm³/mol. The molecule has 3 heteroatoms. The third-order valence-electron chi connectivity index (χ3n) is 6.56. The summed E-state index contributed by atoms with van der Waals surface area (Å²) in [6, 6.07) is 6.12. The summed E-state index contributed by atoms with van der Waals surface area (Å²) in [6.07, 6.45) is 10.2. The summed E-state index contributed by atoms with van der Waals surface area (Å²) in [5.74, 6) is 0.958. The Bertz CT molecular complexity index is 565. The maximum absolute atomic E-state index is 10.6. The van der Waals surface area contributed by atoms with Gasteiger partial charge in [-0.25, -0.2) is 0 Å². The molecule has 1 aromatic carbocycles. The summed E-state index contributed by atoms with van der Waals surface area (Å²) in [5.41, 5.74) is 2.37. The van der Waals surface area contributed by atoms with Crippen molar-refractivity contribution in [3.8, 4) is 5.75 Å². The molecule has 3 unspecified atom stereocenters. The van der Waals surface area contributed by atoms with Crippen LogP contribution in [0, 0.1) is 5.92 Å². The Kier molecular flexibility index (Phi) is 8.62. The van der Waals surface area contributed by atoms with E-state index in [4.69, 9.17) is 0 Å². The fourth-order valence-electron chi connectivity index (χ4n) is 4.70. The molecule has 0 spiro atoms. The molecule has 0 radical (unpaired) electrons. The zero-order valence-corrected chi connectivity index (χ0v) is 17.6. The van der Waals surface area contributed by atoms with Crippen LogP contribution in [0.15, 0.2) is 18.2 Å². The molecule has 3 nitrogen and oxygen atoms in total. The van der Waals surface area contributed by atoms with Gasteiger partial charge >= 0.3 is 0 Å². The van der Waals surface area contributed by atoms with Crippen LogP contribution in [0.3, 0.4) is 0 Å². The number of rotatable bonds is 10. The highest BCUT2D eigenvalue weighted by Gasteiger charge is 2.33. The van der Waals surface area contributed by atoms with Crippen molar-refractivity contribution in [1.29, 1.82) is 0 Å². The minimum Gasteiger partial charge on any atom is -0.508 e. The lowest BCUT2D eigenvalue weighted by molar-refractivity contribution is 0.0879. The van der Waals surface area contributed by atoms with Crippen molar-refractivity contribution >= 4 is 0 Å². The van der Waals surface area contributed by atoms with E-state index in [1.54, 1.807) is 0 Å². The number of phenolic OH excluding ortho intramolecular Hbond substituents is 1. The molecule has 3 N–H and O–H groups in total. The highest BCUT2D eigenvalue weighted by molar-refractivity contribution is 5.42. The number of benzene rings is 1. The maximum Gasteiger partial charge on any atom is 0.119 e. The van der Waals surface area contributed by atoms with Gasteiger partial charge in [0, 0.05) is 6.61 Å². The molecule has 1 aliphatic rings. The summed E-state index contributed by atoms with van der Waals surface area (Å²) in [6.45, 7) is 7.05. The van der Waals surface area contributed by atoms with E-state index in [9.17, 15) is 15.3 Å². The van der Waals surface area contributed by atoms with E-state index in [-0.39, 0.29) is 24.0 Å². The van der Waals surface area contributed by atoms with Crippen molar-refractivity contribution < 1.29 is 15.3 Å². The molecule has 1 aromatic rings. The van der Waals surface area contributed by atoms with Gasteiger partial charge in [0.25, 0.3) is 0 Å². The zero-order chi connectivity index (χ0) is 19.9. The van der Waals surface area contributed by atoms with Crippen LogP contribution >= 0.6 is 0 Å². The molecule has 0 amide bonds. The van der Waals surface area contributed by atoms with Crippen LogP contribution in [-0.4, -0.2) is 28.0 Å². The van der Waals surface area contributed by atoms with Crippen molar-refractivity contribution in [2.45, 2.75) is 102 Å². The molecule has 27 heavy (non-hydrogen) atoms. The highest BCUT2D eigenvalue weighted by atomic mass is 16.3. The van der Waals surface area contributed by atoms with E-state index < -0.39 is 0 Å². The molecular formula is C24H40O3. The Morgan fingerprint density at radius 1 is 1.07 bits per heavy atom. The molecule has 2 rings (SSSR count). The minimum atomic E-state index is -0.287. The van der Waals surface area contributed by atoms with Gasteiger partial charge in [0.15, 0.2) is 0 Å². The lowest BCUT2D eigenvalue weighted by Gasteiger charge is -2.36. The number of aliphatic hydroxyl groups excluding tert-OH is 2. The fourth-order valence-corrected chi connectivity index (χ4v) is 4.70. The van der Waals surface area contributed by atoms with Crippen LogP contribution in [-0.2, 0) is 5.41 Å². The van der Waals surface area contributed by atoms with Crippen LogP contribution in [0.2, 0.25) is 0 Å². The van der Waals surface area contributed by atoms with Crippen molar-refractivity contribution in [3.63, 3.8) is 0 Å². The average Bonchev–Trinajstić information content (AvgIpc) is 2.64. The second-order valence-corrected chi connectivity index (χ2v) is 9.17.